The van der Waals surface area contributed by atoms with Crippen LogP contribution in [0.25, 0.3) is 5.69 Å². The highest BCUT2D eigenvalue weighted by Crippen LogP contribution is 2.33. The summed E-state index contributed by atoms with van der Waals surface area (Å²) in [6.45, 7) is 6.99. The van der Waals surface area contributed by atoms with Crippen molar-refractivity contribution in [1.82, 2.24) is 20.0 Å². The van der Waals surface area contributed by atoms with Gasteiger partial charge in [0.25, 0.3) is 5.91 Å². The van der Waals surface area contributed by atoms with E-state index in [-0.39, 0.29) is 17.9 Å². The Labute approximate surface area is 223 Å². The summed E-state index contributed by atoms with van der Waals surface area (Å²) in [4.78, 5) is 27.8. The zero-order chi connectivity index (χ0) is 27.3. The lowest BCUT2D eigenvalue weighted by molar-refractivity contribution is 0.0203. The zero-order valence-corrected chi connectivity index (χ0v) is 22.7. The number of benzene rings is 2. The molecular weight excluding hydrogens is 484 g/mol. The van der Waals surface area contributed by atoms with Crippen molar-refractivity contribution in [2.45, 2.75) is 51.7 Å². The number of ether oxygens (including phenoxy) is 3. The second-order valence-electron chi connectivity index (χ2n) is 10.3. The number of piperidine rings is 1. The van der Waals surface area contributed by atoms with Gasteiger partial charge in [-0.15, -0.1) is 0 Å². The molecule has 1 N–H and O–H groups in total. The molecule has 0 atom stereocenters. The standard InChI is InChI=1S/C29H36N4O5/c1-29(2,3)38-28(35)32-16-14-20(15-17-32)26-24(19-31-33(26)22-10-12-23(36-4)13-11-22)27(34)30-18-21-8-6-7-9-25(21)37-5/h6-13,19-20H,14-18H2,1-5H3,(H,30,34). The Kier molecular flexibility index (Phi) is 8.24. The molecule has 1 aromatic heterocycles. The van der Waals surface area contributed by atoms with Crippen LogP contribution in [0.15, 0.2) is 54.7 Å². The van der Waals surface area contributed by atoms with Gasteiger partial charge in [-0.2, -0.15) is 5.10 Å². The van der Waals surface area contributed by atoms with Crippen LogP contribution >= 0.6 is 0 Å². The lowest BCUT2D eigenvalue weighted by Gasteiger charge is -2.34. The summed E-state index contributed by atoms with van der Waals surface area (Å²) in [5, 5.41) is 7.64. The molecule has 2 aromatic carbocycles. The maximum Gasteiger partial charge on any atom is 0.410 e. The quantitative estimate of drug-likeness (QED) is 0.475. The van der Waals surface area contributed by atoms with Crippen LogP contribution < -0.4 is 14.8 Å². The minimum absolute atomic E-state index is 0.0327. The smallest absolute Gasteiger partial charge is 0.410 e. The van der Waals surface area contributed by atoms with E-state index in [0.717, 1.165) is 28.4 Å². The molecule has 3 aromatic rings. The molecule has 2 amide bonds. The van der Waals surface area contributed by atoms with Crippen molar-refractivity contribution in [2.75, 3.05) is 27.3 Å². The lowest BCUT2D eigenvalue weighted by Crippen LogP contribution is -2.41. The Hall–Kier alpha value is -4.01. The van der Waals surface area contributed by atoms with E-state index in [1.54, 1.807) is 25.3 Å². The fraction of sp³-hybridized carbons (Fsp3) is 0.414. The molecule has 0 spiro atoms. The van der Waals surface area contributed by atoms with E-state index in [0.29, 0.717) is 38.0 Å². The monoisotopic (exact) mass is 520 g/mol. The van der Waals surface area contributed by atoms with Crippen LogP contribution in [-0.4, -0.2) is 59.6 Å². The highest BCUT2D eigenvalue weighted by molar-refractivity contribution is 5.95. The molecule has 38 heavy (non-hydrogen) atoms. The molecule has 1 aliphatic heterocycles. The van der Waals surface area contributed by atoms with E-state index in [1.807, 2.05) is 74.0 Å². The van der Waals surface area contributed by atoms with Gasteiger partial charge in [-0.25, -0.2) is 9.48 Å². The largest absolute Gasteiger partial charge is 0.497 e. The number of carbonyl (C=O) groups is 2. The lowest BCUT2D eigenvalue weighted by atomic mass is 9.90. The second kappa shape index (κ2) is 11.6. The number of hydrogen-bond acceptors (Lipinski definition) is 6. The van der Waals surface area contributed by atoms with Crippen LogP contribution in [0.4, 0.5) is 4.79 Å². The molecule has 202 valence electrons. The Balaban J connectivity index is 1.58. The van der Waals surface area contributed by atoms with Crippen molar-refractivity contribution in [2.24, 2.45) is 0 Å². The van der Waals surface area contributed by atoms with Crippen molar-refractivity contribution in [1.29, 1.82) is 0 Å². The number of rotatable bonds is 7. The average Bonchev–Trinajstić information content (AvgIpc) is 3.36. The summed E-state index contributed by atoms with van der Waals surface area (Å²) >= 11 is 0. The fourth-order valence-electron chi connectivity index (χ4n) is 4.64. The van der Waals surface area contributed by atoms with E-state index in [4.69, 9.17) is 14.2 Å². The maximum absolute atomic E-state index is 13.4. The van der Waals surface area contributed by atoms with Gasteiger partial charge in [0.1, 0.15) is 17.1 Å². The van der Waals surface area contributed by atoms with Crippen molar-refractivity contribution in [3.63, 3.8) is 0 Å². The van der Waals surface area contributed by atoms with Crippen molar-refractivity contribution in [3.8, 4) is 17.2 Å². The minimum atomic E-state index is -0.548. The Bertz CT molecular complexity index is 1250. The zero-order valence-electron chi connectivity index (χ0n) is 22.7. The molecule has 4 rings (SSSR count). The van der Waals surface area contributed by atoms with Gasteiger partial charge in [0.2, 0.25) is 0 Å². The second-order valence-corrected chi connectivity index (χ2v) is 10.3. The topological polar surface area (TPSA) is 94.9 Å². The maximum atomic E-state index is 13.4. The van der Waals surface area contributed by atoms with Gasteiger partial charge >= 0.3 is 6.09 Å². The SMILES string of the molecule is COc1ccc(-n2ncc(C(=O)NCc3ccccc3OC)c2C2CCN(C(=O)OC(C)(C)C)CC2)cc1. The van der Waals surface area contributed by atoms with Crippen LogP contribution in [0.5, 0.6) is 11.5 Å². The van der Waals surface area contributed by atoms with Gasteiger partial charge in [-0.3, -0.25) is 4.79 Å². The Morgan fingerprint density at radius 1 is 1.00 bits per heavy atom. The summed E-state index contributed by atoms with van der Waals surface area (Å²) in [6.07, 6.45) is 2.69. The van der Waals surface area contributed by atoms with E-state index in [2.05, 4.69) is 10.4 Å². The molecule has 0 unspecified atom stereocenters. The van der Waals surface area contributed by atoms with Crippen LogP contribution in [-0.2, 0) is 11.3 Å². The predicted octanol–water partition coefficient (Wildman–Crippen LogP) is 4.93. The van der Waals surface area contributed by atoms with Crippen LogP contribution in [0.2, 0.25) is 0 Å². The molecule has 1 aliphatic rings. The van der Waals surface area contributed by atoms with Gasteiger partial charge in [0.15, 0.2) is 0 Å². The number of methoxy groups -OCH3 is 2. The average molecular weight is 521 g/mol. The third-order valence-corrected chi connectivity index (χ3v) is 6.53. The fourth-order valence-corrected chi connectivity index (χ4v) is 4.64. The van der Waals surface area contributed by atoms with Gasteiger partial charge in [-0.05, 0) is 63.9 Å². The Morgan fingerprint density at radius 2 is 1.68 bits per heavy atom. The first-order valence-corrected chi connectivity index (χ1v) is 12.8. The molecule has 2 heterocycles. The van der Waals surface area contributed by atoms with Crippen LogP contribution in [0.3, 0.4) is 0 Å². The number of aromatic nitrogens is 2. The number of likely N-dealkylation sites (tertiary alicyclic amines) is 1. The molecule has 9 heteroatoms. The minimum Gasteiger partial charge on any atom is -0.497 e. The van der Waals surface area contributed by atoms with E-state index in [1.165, 1.54) is 0 Å². The summed E-state index contributed by atoms with van der Waals surface area (Å²) in [7, 11) is 3.23. The molecule has 0 radical (unpaired) electrons. The normalized spacial score (nSPS) is 14.2. The molecule has 1 saturated heterocycles. The molecule has 0 saturated carbocycles. The van der Waals surface area contributed by atoms with Crippen molar-refractivity contribution < 1.29 is 23.8 Å². The molecular formula is C29H36N4O5. The van der Waals surface area contributed by atoms with E-state index in [9.17, 15) is 9.59 Å². The molecule has 1 fully saturated rings. The molecule has 9 nitrogen and oxygen atoms in total. The van der Waals surface area contributed by atoms with Crippen molar-refractivity contribution in [3.05, 3.63) is 71.5 Å². The van der Waals surface area contributed by atoms with E-state index >= 15 is 0 Å². The highest BCUT2D eigenvalue weighted by Gasteiger charge is 2.32. The third-order valence-electron chi connectivity index (χ3n) is 6.53. The number of para-hydroxylation sites is 1. The predicted molar refractivity (Wildman–Crippen MR) is 144 cm³/mol. The van der Waals surface area contributed by atoms with Gasteiger partial charge in [0.05, 0.1) is 37.4 Å². The first-order valence-electron chi connectivity index (χ1n) is 12.8. The number of hydrogen-bond donors (Lipinski definition) is 1. The summed E-state index contributed by atoms with van der Waals surface area (Å²) in [5.74, 6) is 1.28. The molecule has 0 aliphatic carbocycles. The van der Waals surface area contributed by atoms with Gasteiger partial charge in [-0.1, -0.05) is 18.2 Å². The number of nitrogens with one attached hydrogen (secondary N) is 1. The van der Waals surface area contributed by atoms with E-state index < -0.39 is 5.60 Å². The Morgan fingerprint density at radius 3 is 2.32 bits per heavy atom. The first-order chi connectivity index (χ1) is 18.2. The van der Waals surface area contributed by atoms with Crippen LogP contribution in [0, 0.1) is 0 Å². The summed E-state index contributed by atoms with van der Waals surface area (Å²) in [5.41, 5.74) is 2.52. The van der Waals surface area contributed by atoms with Gasteiger partial charge < -0.3 is 24.4 Å². The van der Waals surface area contributed by atoms with Crippen molar-refractivity contribution >= 4 is 12.0 Å². The first kappa shape index (κ1) is 27.0. The highest BCUT2D eigenvalue weighted by atomic mass is 16.6. The summed E-state index contributed by atoms with van der Waals surface area (Å²) in [6, 6.07) is 15.2. The third kappa shape index (κ3) is 6.27. The number of amides is 2. The van der Waals surface area contributed by atoms with Crippen LogP contribution in [0.1, 0.15) is 61.1 Å². The number of carbonyl (C=O) groups excluding carboxylic acids is 2. The van der Waals surface area contributed by atoms with Gasteiger partial charge in [0, 0.05) is 31.1 Å². The summed E-state index contributed by atoms with van der Waals surface area (Å²) < 4.78 is 18.1. The number of nitrogens with zero attached hydrogens (tertiary/aromatic N) is 3. The molecule has 0 bridgehead atoms.